The molecule has 1 rings (SSSR count). The summed E-state index contributed by atoms with van der Waals surface area (Å²) in [5.41, 5.74) is 0. The Kier molecular flexibility index (Phi) is 2.05. The highest BCUT2D eigenvalue weighted by Crippen LogP contribution is 2.04. The molecule has 0 bridgehead atoms. The normalized spacial score (nSPS) is 9.67. The Bertz CT molecular complexity index is 175. The largest absolute Gasteiger partial charge is 0.374 e. The molecule has 0 fully saturated rings. The number of H-pyrrole nitrogens is 1. The third kappa shape index (κ3) is 1.93. The van der Waals surface area contributed by atoms with Crippen molar-refractivity contribution in [2.24, 2.45) is 0 Å². The van der Waals surface area contributed by atoms with Gasteiger partial charge >= 0.3 is 15.9 Å². The van der Waals surface area contributed by atoms with Gasteiger partial charge in [-0.3, -0.25) is 0 Å². The number of rotatable bonds is 0. The maximum Gasteiger partial charge on any atom is 0.374 e. The zero-order chi connectivity index (χ0) is 6.85. The first-order valence-corrected chi connectivity index (χ1v) is 3.10. The fourth-order valence-electron chi connectivity index (χ4n) is 0.328. The molecule has 0 amide bonds. The number of hydrogen-bond acceptors (Lipinski definition) is 2. The van der Waals surface area contributed by atoms with Gasteiger partial charge in [0, 0.05) is 0 Å². The van der Waals surface area contributed by atoms with E-state index in [1.165, 1.54) is 0 Å². The van der Waals surface area contributed by atoms with Crippen molar-refractivity contribution in [2.45, 2.75) is 0 Å². The lowest BCUT2D eigenvalue weighted by molar-refractivity contribution is -0.382. The molecule has 0 unspecified atom stereocenters. The summed E-state index contributed by atoms with van der Waals surface area (Å²) in [6.07, 6.45) is 0. The molecule has 0 atom stereocenters. The van der Waals surface area contributed by atoms with Gasteiger partial charge in [0.25, 0.3) is 0 Å². The van der Waals surface area contributed by atoms with Crippen LogP contribution in [0.15, 0.2) is 0 Å². The second-order valence-corrected chi connectivity index (χ2v) is 2.25. The number of halogens is 3. The van der Waals surface area contributed by atoms with Crippen LogP contribution in [-0.2, 0) is 0 Å². The monoisotopic (exact) mass is 184 g/mol. The molecule has 0 aliphatic carbocycles. The van der Waals surface area contributed by atoms with E-state index in [0.29, 0.717) is 0 Å². The predicted octanol–water partition coefficient (Wildman–Crippen LogP) is 1.25. The maximum atomic E-state index is 5.37. The second-order valence-electron chi connectivity index (χ2n) is 1.20. The van der Waals surface area contributed by atoms with E-state index in [1.807, 2.05) is 0 Å². The molecule has 0 radical (unpaired) electrons. The van der Waals surface area contributed by atoms with Gasteiger partial charge in [0.1, 0.15) is 0 Å². The Morgan fingerprint density at radius 3 is 1.78 bits per heavy atom. The standard InChI is InChI=1S/C3Cl3N3/c4-1-7-2(5)9-3(6)8-1/p+1. The molecule has 3 nitrogen and oxygen atoms in total. The molecule has 0 aromatic carbocycles. The average Bonchev–Trinajstić information content (AvgIpc) is 1.59. The van der Waals surface area contributed by atoms with E-state index < -0.39 is 0 Å². The molecule has 0 saturated heterocycles. The zero-order valence-corrected chi connectivity index (χ0v) is 6.30. The summed E-state index contributed by atoms with van der Waals surface area (Å²) in [6, 6.07) is 0. The molecule has 1 aromatic rings. The summed E-state index contributed by atoms with van der Waals surface area (Å²) < 4.78 is 0. The summed E-state index contributed by atoms with van der Waals surface area (Å²) in [6.45, 7) is 0. The van der Waals surface area contributed by atoms with Gasteiger partial charge in [-0.25, -0.2) is 4.98 Å². The second kappa shape index (κ2) is 2.64. The van der Waals surface area contributed by atoms with Crippen molar-refractivity contribution in [3.8, 4) is 0 Å². The van der Waals surface area contributed by atoms with E-state index >= 15 is 0 Å². The first-order chi connectivity index (χ1) is 4.18. The highest BCUT2D eigenvalue weighted by Gasteiger charge is 2.07. The van der Waals surface area contributed by atoms with Gasteiger partial charge in [-0.1, -0.05) is 0 Å². The summed E-state index contributed by atoms with van der Waals surface area (Å²) >= 11 is 16.1. The van der Waals surface area contributed by atoms with Gasteiger partial charge in [0.2, 0.25) is 0 Å². The molecule has 0 aliphatic heterocycles. The summed E-state index contributed by atoms with van der Waals surface area (Å²) in [7, 11) is 0. The zero-order valence-electron chi connectivity index (χ0n) is 4.03. The maximum absolute atomic E-state index is 5.37. The van der Waals surface area contributed by atoms with E-state index in [2.05, 4.69) is 15.0 Å². The molecule has 1 heterocycles. The van der Waals surface area contributed by atoms with Crippen molar-refractivity contribution >= 4 is 34.8 Å². The Morgan fingerprint density at radius 1 is 1.00 bits per heavy atom. The highest BCUT2D eigenvalue weighted by atomic mass is 35.5. The van der Waals surface area contributed by atoms with E-state index in [1.54, 1.807) is 0 Å². The quantitative estimate of drug-likeness (QED) is 0.610. The van der Waals surface area contributed by atoms with E-state index in [-0.39, 0.29) is 15.9 Å². The van der Waals surface area contributed by atoms with Crippen LogP contribution in [0.1, 0.15) is 0 Å². The lowest BCUT2D eigenvalue weighted by atomic mass is 11.1. The molecule has 6 heteroatoms. The number of nitrogens with one attached hydrogen (secondary N) is 1. The van der Waals surface area contributed by atoms with E-state index in [0.717, 1.165) is 0 Å². The average molecular weight is 185 g/mol. The van der Waals surface area contributed by atoms with Gasteiger partial charge in [-0.15, -0.1) is 0 Å². The predicted molar refractivity (Wildman–Crippen MR) is 33.6 cm³/mol. The first-order valence-electron chi connectivity index (χ1n) is 1.96. The number of nitrogens with zero attached hydrogens (tertiary/aromatic N) is 2. The fourth-order valence-corrected chi connectivity index (χ4v) is 0.971. The molecular weight excluding hydrogens is 184 g/mol. The lowest BCUT2D eigenvalue weighted by Gasteiger charge is -1.79. The van der Waals surface area contributed by atoms with Crippen LogP contribution in [-0.4, -0.2) is 9.97 Å². The van der Waals surface area contributed by atoms with Crippen molar-refractivity contribution in [2.75, 3.05) is 0 Å². The van der Waals surface area contributed by atoms with Crippen molar-refractivity contribution in [1.29, 1.82) is 0 Å². The van der Waals surface area contributed by atoms with Crippen molar-refractivity contribution < 1.29 is 4.98 Å². The number of aromatic nitrogens is 3. The minimum absolute atomic E-state index is 0.0313. The molecule has 48 valence electrons. The molecule has 1 N–H and O–H groups in total. The smallest absolute Gasteiger partial charge is 0.220 e. The van der Waals surface area contributed by atoms with Gasteiger partial charge in [-0.05, 0) is 44.8 Å². The van der Waals surface area contributed by atoms with Crippen LogP contribution in [0.5, 0.6) is 0 Å². The lowest BCUT2D eigenvalue weighted by Crippen LogP contribution is -2.09. The van der Waals surface area contributed by atoms with Gasteiger partial charge in [-0.2, -0.15) is 0 Å². The fraction of sp³-hybridized carbons (Fsp3) is 0. The van der Waals surface area contributed by atoms with Crippen molar-refractivity contribution in [3.63, 3.8) is 0 Å². The Morgan fingerprint density at radius 2 is 1.44 bits per heavy atom. The summed E-state index contributed by atoms with van der Waals surface area (Å²) in [4.78, 5) is 9.46. The third-order valence-electron chi connectivity index (χ3n) is 0.587. The van der Waals surface area contributed by atoms with Crippen molar-refractivity contribution in [3.05, 3.63) is 15.9 Å². The molecular formula is C3HCl3N3+. The Balaban J connectivity index is 3.17. The summed E-state index contributed by atoms with van der Waals surface area (Å²) in [5, 5.41) is 0.281. The van der Waals surface area contributed by atoms with Crippen LogP contribution >= 0.6 is 34.8 Å². The van der Waals surface area contributed by atoms with Gasteiger partial charge in [0.05, 0.1) is 0 Å². The van der Waals surface area contributed by atoms with Gasteiger partial charge in [0.15, 0.2) is 0 Å². The van der Waals surface area contributed by atoms with Crippen LogP contribution < -0.4 is 4.98 Å². The molecule has 0 aliphatic rings. The van der Waals surface area contributed by atoms with E-state index in [4.69, 9.17) is 34.8 Å². The highest BCUT2D eigenvalue weighted by molar-refractivity contribution is 6.32. The third-order valence-corrected chi connectivity index (χ3v) is 1.11. The molecule has 9 heavy (non-hydrogen) atoms. The van der Waals surface area contributed by atoms with Crippen molar-refractivity contribution in [1.82, 2.24) is 9.97 Å². The Labute approximate surface area is 66.0 Å². The molecule has 0 spiro atoms. The minimum Gasteiger partial charge on any atom is -0.220 e. The van der Waals surface area contributed by atoms with Gasteiger partial charge < -0.3 is 0 Å². The first kappa shape index (κ1) is 6.99. The van der Waals surface area contributed by atoms with Crippen LogP contribution in [0.4, 0.5) is 0 Å². The topological polar surface area (TPSA) is 39.9 Å². The van der Waals surface area contributed by atoms with Crippen LogP contribution in [0.3, 0.4) is 0 Å². The molecule has 0 saturated carbocycles. The van der Waals surface area contributed by atoms with Crippen LogP contribution in [0.2, 0.25) is 15.9 Å². The minimum atomic E-state index is 0.0313. The Hall–Kier alpha value is -0.120. The number of hydrogen-bond donors (Lipinski definition) is 0. The van der Waals surface area contributed by atoms with E-state index in [9.17, 15) is 0 Å². The number of aromatic amines is 1. The van der Waals surface area contributed by atoms with Crippen LogP contribution in [0.25, 0.3) is 0 Å². The van der Waals surface area contributed by atoms with Crippen LogP contribution in [0, 0.1) is 0 Å². The molecule has 1 aromatic heterocycles. The SMILES string of the molecule is Clc1nc(Cl)[nH+]c(Cl)n1. The summed E-state index contributed by atoms with van der Waals surface area (Å²) in [5.74, 6) is 0.